The summed E-state index contributed by atoms with van der Waals surface area (Å²) in [5.41, 5.74) is 6.87. The number of likely N-dealkylation sites (tertiary alicyclic amines) is 1. The van der Waals surface area contributed by atoms with E-state index in [2.05, 4.69) is 25.7 Å². The Morgan fingerprint density at radius 2 is 2.20 bits per heavy atom. The van der Waals surface area contributed by atoms with Crippen molar-refractivity contribution in [3.63, 3.8) is 0 Å². The maximum Gasteiger partial charge on any atom is 0.255 e. The van der Waals surface area contributed by atoms with Gasteiger partial charge in [-0.2, -0.15) is 0 Å². The van der Waals surface area contributed by atoms with Crippen LogP contribution >= 0.6 is 0 Å². The zero-order valence-electron chi connectivity index (χ0n) is 12.2. The summed E-state index contributed by atoms with van der Waals surface area (Å²) in [4.78, 5) is 14.6. The highest BCUT2D eigenvalue weighted by molar-refractivity contribution is 5.96. The fourth-order valence-corrected chi connectivity index (χ4v) is 2.61. The van der Waals surface area contributed by atoms with Crippen LogP contribution in [0.1, 0.15) is 36.2 Å². The third kappa shape index (κ3) is 3.20. The average Bonchev–Trinajstić information content (AvgIpc) is 2.94. The van der Waals surface area contributed by atoms with Gasteiger partial charge < -0.3 is 10.6 Å². The van der Waals surface area contributed by atoms with Gasteiger partial charge >= 0.3 is 0 Å². The van der Waals surface area contributed by atoms with Crippen molar-refractivity contribution in [3.8, 4) is 11.8 Å². The number of carbonyl (C=O) groups excluding carboxylic acids is 1. The minimum Gasteiger partial charge on any atom is -0.338 e. The molecule has 1 aliphatic rings. The number of amides is 1. The molecule has 0 aromatic heterocycles. The Morgan fingerprint density at radius 3 is 2.85 bits per heavy atom. The summed E-state index contributed by atoms with van der Waals surface area (Å²) in [5, 5.41) is 0. The van der Waals surface area contributed by atoms with Crippen LogP contribution in [0.2, 0.25) is 0 Å². The first-order valence-corrected chi connectivity index (χ1v) is 7.20. The molecule has 106 valence electrons. The van der Waals surface area contributed by atoms with E-state index in [0.717, 1.165) is 25.1 Å². The zero-order chi connectivity index (χ0) is 14.5. The molecule has 0 radical (unpaired) electrons. The smallest absolute Gasteiger partial charge is 0.255 e. The predicted octanol–water partition coefficient (Wildman–Crippen LogP) is 2.11. The monoisotopic (exact) mass is 270 g/mol. The molecule has 1 heterocycles. The zero-order valence-corrected chi connectivity index (χ0v) is 12.2. The first-order chi connectivity index (χ1) is 9.63. The van der Waals surface area contributed by atoms with E-state index in [4.69, 9.17) is 5.73 Å². The molecule has 1 unspecified atom stereocenters. The second-order valence-electron chi connectivity index (χ2n) is 5.60. The van der Waals surface area contributed by atoms with Crippen molar-refractivity contribution in [1.29, 1.82) is 0 Å². The molecule has 2 rings (SSSR count). The Bertz CT molecular complexity index is 539. The number of hydrogen-bond acceptors (Lipinski definition) is 2. The lowest BCUT2D eigenvalue weighted by atomic mass is 9.95. The molecule has 3 nitrogen and oxygen atoms in total. The van der Waals surface area contributed by atoms with Crippen LogP contribution in [0.15, 0.2) is 24.3 Å². The van der Waals surface area contributed by atoms with Crippen molar-refractivity contribution in [3.05, 3.63) is 35.4 Å². The molecular weight excluding hydrogens is 248 g/mol. The molecule has 1 aromatic carbocycles. The Morgan fingerprint density at radius 1 is 1.45 bits per heavy atom. The number of nitrogens with zero attached hydrogens (tertiary/aromatic N) is 1. The fraction of sp³-hybridized carbons (Fsp3) is 0.471. The second-order valence-corrected chi connectivity index (χ2v) is 5.60. The van der Waals surface area contributed by atoms with E-state index in [1.54, 1.807) is 0 Å². The van der Waals surface area contributed by atoms with Gasteiger partial charge in [-0.25, -0.2) is 0 Å². The van der Waals surface area contributed by atoms with Crippen molar-refractivity contribution in [1.82, 2.24) is 4.90 Å². The van der Waals surface area contributed by atoms with E-state index in [9.17, 15) is 4.79 Å². The van der Waals surface area contributed by atoms with Crippen LogP contribution in [0.5, 0.6) is 0 Å². The molecule has 0 aliphatic carbocycles. The highest BCUT2D eigenvalue weighted by Crippen LogP contribution is 2.25. The van der Waals surface area contributed by atoms with E-state index in [-0.39, 0.29) is 5.91 Å². The molecule has 1 aliphatic heterocycles. The van der Waals surface area contributed by atoms with Crippen LogP contribution < -0.4 is 5.73 Å². The third-order valence-electron chi connectivity index (χ3n) is 3.94. The summed E-state index contributed by atoms with van der Waals surface area (Å²) in [6, 6.07) is 7.52. The number of hydrogen-bond donors (Lipinski definition) is 1. The summed E-state index contributed by atoms with van der Waals surface area (Å²) in [6.45, 7) is 6.45. The van der Waals surface area contributed by atoms with Gasteiger partial charge in [0.25, 0.3) is 5.91 Å². The van der Waals surface area contributed by atoms with Crippen LogP contribution in [0.4, 0.5) is 0 Å². The van der Waals surface area contributed by atoms with Gasteiger partial charge in [-0.15, -0.1) is 0 Å². The van der Waals surface area contributed by atoms with E-state index in [1.807, 2.05) is 29.2 Å². The van der Waals surface area contributed by atoms with Gasteiger partial charge in [-0.3, -0.25) is 4.79 Å². The maximum atomic E-state index is 12.6. The van der Waals surface area contributed by atoms with E-state index in [0.29, 0.717) is 23.9 Å². The Kier molecular flexibility index (Phi) is 4.81. The van der Waals surface area contributed by atoms with Crippen molar-refractivity contribution >= 4 is 5.91 Å². The average molecular weight is 270 g/mol. The highest BCUT2D eigenvalue weighted by Gasteiger charge is 2.29. The highest BCUT2D eigenvalue weighted by atomic mass is 16.2. The number of carbonyl (C=O) groups is 1. The molecule has 1 atom stereocenters. The summed E-state index contributed by atoms with van der Waals surface area (Å²) in [5.74, 6) is 7.14. The summed E-state index contributed by atoms with van der Waals surface area (Å²) in [6.07, 6.45) is 1.10. The van der Waals surface area contributed by atoms with Crippen LogP contribution in [0, 0.1) is 23.7 Å². The maximum absolute atomic E-state index is 12.6. The second kappa shape index (κ2) is 6.58. The van der Waals surface area contributed by atoms with Crippen molar-refractivity contribution in [2.75, 3.05) is 19.6 Å². The van der Waals surface area contributed by atoms with Gasteiger partial charge in [-0.1, -0.05) is 37.8 Å². The summed E-state index contributed by atoms with van der Waals surface area (Å²) in [7, 11) is 0. The topological polar surface area (TPSA) is 46.3 Å². The molecule has 1 saturated heterocycles. The van der Waals surface area contributed by atoms with Crippen LogP contribution in [0.3, 0.4) is 0 Å². The predicted molar refractivity (Wildman–Crippen MR) is 81.2 cm³/mol. The van der Waals surface area contributed by atoms with Gasteiger partial charge in [0.15, 0.2) is 0 Å². The van der Waals surface area contributed by atoms with E-state index < -0.39 is 0 Å². The van der Waals surface area contributed by atoms with E-state index >= 15 is 0 Å². The molecule has 2 N–H and O–H groups in total. The number of rotatable bonds is 2. The fourth-order valence-electron chi connectivity index (χ4n) is 2.61. The number of benzene rings is 1. The molecule has 0 bridgehead atoms. The molecule has 1 fully saturated rings. The molecule has 3 heteroatoms. The van der Waals surface area contributed by atoms with Gasteiger partial charge in [0, 0.05) is 18.7 Å². The summed E-state index contributed by atoms with van der Waals surface area (Å²) >= 11 is 0. The lowest BCUT2D eigenvalue weighted by Crippen LogP contribution is -2.29. The van der Waals surface area contributed by atoms with Crippen LogP contribution in [0.25, 0.3) is 0 Å². The lowest BCUT2D eigenvalue weighted by Gasteiger charge is -2.18. The quantitative estimate of drug-likeness (QED) is 0.837. The van der Waals surface area contributed by atoms with E-state index in [1.165, 1.54) is 0 Å². The molecule has 20 heavy (non-hydrogen) atoms. The molecule has 0 saturated carbocycles. The Labute approximate surface area is 121 Å². The van der Waals surface area contributed by atoms with Gasteiger partial charge in [0.05, 0.1) is 12.1 Å². The van der Waals surface area contributed by atoms with Crippen molar-refractivity contribution in [2.45, 2.75) is 20.3 Å². The Hall–Kier alpha value is -1.79. The largest absolute Gasteiger partial charge is 0.338 e. The minimum absolute atomic E-state index is 0.0927. The Balaban J connectivity index is 2.18. The molecule has 1 aromatic rings. The van der Waals surface area contributed by atoms with Gasteiger partial charge in [0.2, 0.25) is 0 Å². The standard InChI is InChI=1S/C17H22N2O/c1-13(2)15-9-11-19(12-15)17(20)16-8-4-3-6-14(16)7-5-10-18/h3-4,6,8,13,15H,9-12,18H2,1-2H3. The van der Waals surface area contributed by atoms with Gasteiger partial charge in [0.1, 0.15) is 0 Å². The van der Waals surface area contributed by atoms with Crippen LogP contribution in [-0.4, -0.2) is 30.4 Å². The van der Waals surface area contributed by atoms with Crippen LogP contribution in [-0.2, 0) is 0 Å². The third-order valence-corrected chi connectivity index (χ3v) is 3.94. The number of nitrogens with two attached hydrogens (primary N) is 1. The minimum atomic E-state index is 0.0927. The molecular formula is C17H22N2O. The van der Waals surface area contributed by atoms with Gasteiger partial charge in [-0.05, 0) is 30.4 Å². The van der Waals surface area contributed by atoms with Crippen molar-refractivity contribution in [2.24, 2.45) is 17.6 Å². The first kappa shape index (κ1) is 14.6. The lowest BCUT2D eigenvalue weighted by molar-refractivity contribution is 0.0784. The summed E-state index contributed by atoms with van der Waals surface area (Å²) < 4.78 is 0. The molecule has 1 amide bonds. The van der Waals surface area contributed by atoms with Crippen molar-refractivity contribution < 1.29 is 4.79 Å². The first-order valence-electron chi connectivity index (χ1n) is 7.20. The normalized spacial score (nSPS) is 18.0. The molecule has 0 spiro atoms. The SMILES string of the molecule is CC(C)C1CCN(C(=O)c2ccccc2C#CCN)C1.